The van der Waals surface area contributed by atoms with Crippen LogP contribution in [0.15, 0.2) is 53.0 Å². The molecule has 0 spiro atoms. The second-order valence-corrected chi connectivity index (χ2v) is 6.91. The molecule has 3 heteroatoms. The van der Waals surface area contributed by atoms with Crippen molar-refractivity contribution < 1.29 is 0 Å². The monoisotopic (exact) mass is 346 g/mol. The van der Waals surface area contributed by atoms with Gasteiger partial charge in [-0.2, -0.15) is 0 Å². The maximum Gasteiger partial charge on any atom is 0.0562 e. The molecule has 0 atom stereocenters. The van der Waals surface area contributed by atoms with E-state index >= 15 is 0 Å². The average molecular weight is 348 g/mol. The predicted octanol–water partition coefficient (Wildman–Crippen LogP) is 6.62. The third kappa shape index (κ3) is 1.78. The summed E-state index contributed by atoms with van der Waals surface area (Å²) >= 11 is 11.5. The van der Waals surface area contributed by atoms with Gasteiger partial charge in [-0.25, -0.2) is 0 Å². The van der Waals surface area contributed by atoms with Crippen molar-refractivity contribution in [1.29, 1.82) is 0 Å². The van der Waals surface area contributed by atoms with E-state index in [0.29, 0.717) is 0 Å². The fourth-order valence-corrected chi connectivity index (χ4v) is 4.19. The molecule has 0 radical (unpaired) electrons. The van der Waals surface area contributed by atoms with Crippen molar-refractivity contribution in [2.45, 2.75) is 0 Å². The van der Waals surface area contributed by atoms with Gasteiger partial charge < -0.3 is 0 Å². The molecule has 3 aromatic carbocycles. The first-order chi connectivity index (χ1) is 9.22. The Morgan fingerprint density at radius 3 is 2.26 bits per heavy atom. The van der Waals surface area contributed by atoms with Crippen LogP contribution in [0.1, 0.15) is 0 Å². The summed E-state index contributed by atoms with van der Waals surface area (Å²) in [5.74, 6) is 0. The Kier molecular flexibility index (Phi) is 2.59. The number of benzene rings is 3. The van der Waals surface area contributed by atoms with Crippen molar-refractivity contribution in [2.75, 3.05) is 0 Å². The van der Waals surface area contributed by atoms with E-state index in [-0.39, 0.29) is 0 Å². The molecule has 0 aliphatic carbocycles. The summed E-state index contributed by atoms with van der Waals surface area (Å²) in [6.07, 6.45) is 0. The molecule has 0 fully saturated rings. The molecule has 4 aromatic rings. The highest BCUT2D eigenvalue weighted by atomic mass is 79.9. The number of rotatable bonds is 0. The van der Waals surface area contributed by atoms with E-state index in [9.17, 15) is 0 Å². The number of hydrogen-bond donors (Lipinski definition) is 0. The van der Waals surface area contributed by atoms with E-state index in [2.05, 4.69) is 58.4 Å². The third-order valence-corrected chi connectivity index (χ3v) is 5.69. The van der Waals surface area contributed by atoms with Crippen LogP contribution >= 0.6 is 38.9 Å². The van der Waals surface area contributed by atoms with E-state index in [1.54, 1.807) is 11.3 Å². The topological polar surface area (TPSA) is 0 Å². The van der Waals surface area contributed by atoms with Gasteiger partial charge in [-0.3, -0.25) is 0 Å². The highest BCUT2D eigenvalue weighted by Crippen LogP contribution is 2.39. The van der Waals surface area contributed by atoms with Gasteiger partial charge in [-0.05, 0) is 51.0 Å². The molecule has 0 nitrogen and oxygen atoms in total. The van der Waals surface area contributed by atoms with Crippen LogP contribution in [0, 0.1) is 0 Å². The van der Waals surface area contributed by atoms with Gasteiger partial charge in [-0.15, -0.1) is 11.3 Å². The molecule has 0 amide bonds. The van der Waals surface area contributed by atoms with Crippen molar-refractivity contribution in [2.24, 2.45) is 0 Å². The summed E-state index contributed by atoms with van der Waals surface area (Å²) < 4.78 is 3.50. The van der Waals surface area contributed by atoms with Crippen molar-refractivity contribution in [3.05, 3.63) is 58.0 Å². The third-order valence-electron chi connectivity index (χ3n) is 3.38. The van der Waals surface area contributed by atoms with Crippen LogP contribution in [-0.4, -0.2) is 0 Å². The fraction of sp³-hybridized carbons (Fsp3) is 0. The van der Waals surface area contributed by atoms with Crippen molar-refractivity contribution in [1.82, 2.24) is 0 Å². The molecule has 1 heterocycles. The van der Waals surface area contributed by atoms with Crippen molar-refractivity contribution >= 4 is 69.8 Å². The van der Waals surface area contributed by atoms with Crippen LogP contribution in [0.5, 0.6) is 0 Å². The molecule has 0 saturated carbocycles. The fourth-order valence-electron chi connectivity index (χ4n) is 2.46. The van der Waals surface area contributed by atoms with E-state index in [0.717, 1.165) is 9.50 Å². The molecule has 0 saturated heterocycles. The molecule has 0 bridgehead atoms. The van der Waals surface area contributed by atoms with E-state index in [4.69, 9.17) is 11.6 Å². The Bertz CT molecular complexity index is 940. The molecule has 1 aromatic heterocycles. The summed E-state index contributed by atoms with van der Waals surface area (Å²) in [4.78, 5) is 0. The normalized spacial score (nSPS) is 11.7. The van der Waals surface area contributed by atoms with E-state index in [1.807, 2.05) is 6.07 Å². The first-order valence-corrected chi connectivity index (χ1v) is 7.91. The molecular weight excluding hydrogens is 340 g/mol. The lowest BCUT2D eigenvalue weighted by Gasteiger charge is -1.99. The first kappa shape index (κ1) is 11.7. The smallest absolute Gasteiger partial charge is 0.0562 e. The van der Waals surface area contributed by atoms with Gasteiger partial charge in [0.2, 0.25) is 0 Å². The van der Waals surface area contributed by atoms with Crippen LogP contribution in [0.4, 0.5) is 0 Å². The molecule has 0 unspecified atom stereocenters. The molecule has 4 rings (SSSR count). The molecular formula is C16H8BrClS. The lowest BCUT2D eigenvalue weighted by atomic mass is 10.1. The van der Waals surface area contributed by atoms with Crippen LogP contribution in [-0.2, 0) is 0 Å². The maximum atomic E-state index is 6.18. The standard InChI is InChI=1S/C16H8BrClS/c17-13-7-12-11-5-9-3-1-2-4-10(9)6-15(11)19-16(12)8-14(13)18/h1-8H. The Labute approximate surface area is 127 Å². The molecule has 0 N–H and O–H groups in total. The molecule has 19 heavy (non-hydrogen) atoms. The minimum absolute atomic E-state index is 0.767. The zero-order chi connectivity index (χ0) is 13.0. The highest BCUT2D eigenvalue weighted by Gasteiger charge is 2.09. The van der Waals surface area contributed by atoms with Crippen molar-refractivity contribution in [3.63, 3.8) is 0 Å². The van der Waals surface area contributed by atoms with Gasteiger partial charge in [0.15, 0.2) is 0 Å². The largest absolute Gasteiger partial charge is 0.135 e. The number of thiophene rings is 1. The Morgan fingerprint density at radius 1 is 0.842 bits per heavy atom. The number of halogens is 2. The van der Waals surface area contributed by atoms with Gasteiger partial charge in [0.05, 0.1) is 5.02 Å². The minimum Gasteiger partial charge on any atom is -0.135 e. The van der Waals surface area contributed by atoms with Crippen LogP contribution < -0.4 is 0 Å². The Hall–Kier alpha value is -1.09. The lowest BCUT2D eigenvalue weighted by Crippen LogP contribution is -1.73. The molecule has 92 valence electrons. The van der Waals surface area contributed by atoms with E-state index in [1.165, 1.54) is 30.9 Å². The second kappa shape index (κ2) is 4.20. The SMILES string of the molecule is Clc1cc2sc3cc4ccccc4cc3c2cc1Br. The quantitative estimate of drug-likeness (QED) is 0.335. The van der Waals surface area contributed by atoms with E-state index < -0.39 is 0 Å². The summed E-state index contributed by atoms with van der Waals surface area (Å²) in [6, 6.07) is 17.2. The van der Waals surface area contributed by atoms with Gasteiger partial charge in [0.25, 0.3) is 0 Å². The van der Waals surface area contributed by atoms with Crippen LogP contribution in [0.25, 0.3) is 30.9 Å². The van der Waals surface area contributed by atoms with Crippen molar-refractivity contribution in [3.8, 4) is 0 Å². The molecule has 0 aliphatic heterocycles. The maximum absolute atomic E-state index is 6.18. The minimum atomic E-state index is 0.767. The summed E-state index contributed by atoms with van der Waals surface area (Å²) in [7, 11) is 0. The number of hydrogen-bond acceptors (Lipinski definition) is 1. The zero-order valence-corrected chi connectivity index (χ0v) is 12.9. The highest BCUT2D eigenvalue weighted by molar-refractivity contribution is 9.10. The lowest BCUT2D eigenvalue weighted by molar-refractivity contribution is 1.76. The summed E-state index contributed by atoms with van der Waals surface area (Å²) in [6.45, 7) is 0. The van der Waals surface area contributed by atoms with Gasteiger partial charge in [0.1, 0.15) is 0 Å². The predicted molar refractivity (Wildman–Crippen MR) is 89.5 cm³/mol. The van der Waals surface area contributed by atoms with Crippen LogP contribution in [0.2, 0.25) is 5.02 Å². The molecule has 0 aliphatic rings. The number of fused-ring (bicyclic) bond motifs is 4. The first-order valence-electron chi connectivity index (χ1n) is 5.92. The average Bonchev–Trinajstić information content (AvgIpc) is 2.74. The van der Waals surface area contributed by atoms with Gasteiger partial charge in [-0.1, -0.05) is 35.9 Å². The van der Waals surface area contributed by atoms with Gasteiger partial charge in [0, 0.05) is 24.6 Å². The Morgan fingerprint density at radius 2 is 1.47 bits per heavy atom. The zero-order valence-electron chi connectivity index (χ0n) is 9.78. The Balaban J connectivity index is 2.22. The summed E-state index contributed by atoms with van der Waals surface area (Å²) in [5.41, 5.74) is 0. The van der Waals surface area contributed by atoms with Crippen LogP contribution in [0.3, 0.4) is 0 Å². The second-order valence-electron chi connectivity index (χ2n) is 4.56. The van der Waals surface area contributed by atoms with Gasteiger partial charge >= 0.3 is 0 Å². The summed E-state index contributed by atoms with van der Waals surface area (Å²) in [5, 5.41) is 5.90.